The molecule has 3 heterocycles. The highest BCUT2D eigenvalue weighted by Gasteiger charge is 2.24. The highest BCUT2D eigenvalue weighted by atomic mass is 16.2. The molecule has 2 aliphatic heterocycles. The molecule has 0 aliphatic carbocycles. The fourth-order valence-corrected chi connectivity index (χ4v) is 2.71. The summed E-state index contributed by atoms with van der Waals surface area (Å²) in [7, 11) is 0. The van der Waals surface area contributed by atoms with E-state index in [9.17, 15) is 9.59 Å². The van der Waals surface area contributed by atoms with Crippen LogP contribution in [0.4, 0.5) is 5.82 Å². The molecule has 0 saturated carbocycles. The summed E-state index contributed by atoms with van der Waals surface area (Å²) in [5.41, 5.74) is 5.63. The summed E-state index contributed by atoms with van der Waals surface area (Å²) < 4.78 is 0. The van der Waals surface area contributed by atoms with Crippen LogP contribution < -0.4 is 10.6 Å². The Morgan fingerprint density at radius 3 is 2.32 bits per heavy atom. The van der Waals surface area contributed by atoms with Gasteiger partial charge in [-0.3, -0.25) is 14.5 Å². The lowest BCUT2D eigenvalue weighted by atomic mass is 10.2. The van der Waals surface area contributed by atoms with Gasteiger partial charge in [0.05, 0.1) is 12.1 Å². The van der Waals surface area contributed by atoms with Gasteiger partial charge in [0.2, 0.25) is 11.8 Å². The number of hydrogen-bond acceptors (Lipinski definition) is 5. The molecule has 2 fully saturated rings. The number of pyridine rings is 1. The molecule has 118 valence electrons. The molecule has 0 bridgehead atoms. The van der Waals surface area contributed by atoms with Gasteiger partial charge in [-0.15, -0.1) is 0 Å². The molecule has 7 heteroatoms. The number of nitrogens with two attached hydrogens (primary N) is 1. The van der Waals surface area contributed by atoms with Gasteiger partial charge in [-0.25, -0.2) is 4.98 Å². The number of rotatable bonds is 4. The van der Waals surface area contributed by atoms with E-state index < -0.39 is 5.91 Å². The van der Waals surface area contributed by atoms with Gasteiger partial charge in [-0.2, -0.15) is 0 Å². The molecule has 3 rings (SSSR count). The summed E-state index contributed by atoms with van der Waals surface area (Å²) in [5, 5.41) is 0. The molecule has 22 heavy (non-hydrogen) atoms. The summed E-state index contributed by atoms with van der Waals surface area (Å²) in [5.74, 6) is 0.621. The number of amides is 2. The lowest BCUT2D eigenvalue weighted by Gasteiger charge is -2.37. The van der Waals surface area contributed by atoms with Crippen LogP contribution >= 0.6 is 0 Å². The van der Waals surface area contributed by atoms with Gasteiger partial charge in [0.1, 0.15) is 5.82 Å². The van der Waals surface area contributed by atoms with E-state index in [0.29, 0.717) is 12.1 Å². The molecule has 1 aromatic rings. The van der Waals surface area contributed by atoms with Crippen LogP contribution in [0.25, 0.3) is 0 Å². The molecule has 0 unspecified atom stereocenters. The van der Waals surface area contributed by atoms with Crippen molar-refractivity contribution in [2.24, 2.45) is 5.73 Å². The summed E-state index contributed by atoms with van der Waals surface area (Å²) in [6, 6.07) is 3.52. The minimum Gasteiger partial charge on any atom is -0.366 e. The molecule has 2 aliphatic rings. The zero-order valence-corrected chi connectivity index (χ0v) is 12.6. The third kappa shape index (κ3) is 3.19. The fourth-order valence-electron chi connectivity index (χ4n) is 2.71. The van der Waals surface area contributed by atoms with E-state index in [4.69, 9.17) is 5.73 Å². The van der Waals surface area contributed by atoms with Gasteiger partial charge in [-0.1, -0.05) is 0 Å². The Kier molecular flexibility index (Phi) is 4.24. The standard InChI is InChI=1S/C15H21N5O2/c16-15(22)12-2-3-13(17-10-12)19-8-6-18(7-9-19)11-14(21)20-4-1-5-20/h2-3,10H,1,4-9,11H2,(H2,16,22). The third-order valence-electron chi connectivity index (χ3n) is 4.30. The first-order chi connectivity index (χ1) is 10.6. The average Bonchev–Trinajstić information content (AvgIpc) is 2.46. The maximum atomic E-state index is 12.0. The number of anilines is 1. The number of aromatic nitrogens is 1. The molecule has 0 atom stereocenters. The van der Waals surface area contributed by atoms with Crippen molar-refractivity contribution in [3.05, 3.63) is 23.9 Å². The number of hydrogen-bond donors (Lipinski definition) is 1. The number of primary amides is 1. The second kappa shape index (κ2) is 6.31. The molecule has 2 amide bonds. The van der Waals surface area contributed by atoms with E-state index in [-0.39, 0.29) is 5.91 Å². The quantitative estimate of drug-likeness (QED) is 0.813. The summed E-state index contributed by atoms with van der Waals surface area (Å²) in [6.07, 6.45) is 2.64. The summed E-state index contributed by atoms with van der Waals surface area (Å²) in [4.78, 5) is 33.6. The Bertz CT molecular complexity index is 548. The molecule has 1 aromatic heterocycles. The molecule has 0 spiro atoms. The summed E-state index contributed by atoms with van der Waals surface area (Å²) >= 11 is 0. The SMILES string of the molecule is NC(=O)c1ccc(N2CCN(CC(=O)N3CCC3)CC2)nc1. The molecular formula is C15H21N5O2. The van der Waals surface area contributed by atoms with Crippen LogP contribution in [0.2, 0.25) is 0 Å². The van der Waals surface area contributed by atoms with Gasteiger partial charge in [0.15, 0.2) is 0 Å². The monoisotopic (exact) mass is 303 g/mol. The minimum atomic E-state index is -0.464. The number of nitrogens with zero attached hydrogens (tertiary/aromatic N) is 4. The molecule has 7 nitrogen and oxygen atoms in total. The van der Waals surface area contributed by atoms with Crippen LogP contribution in [-0.2, 0) is 4.79 Å². The van der Waals surface area contributed by atoms with Crippen LogP contribution in [0, 0.1) is 0 Å². The topological polar surface area (TPSA) is 82.8 Å². The van der Waals surface area contributed by atoms with E-state index in [1.165, 1.54) is 6.20 Å². The van der Waals surface area contributed by atoms with Crippen molar-refractivity contribution in [1.82, 2.24) is 14.8 Å². The molecule has 0 radical (unpaired) electrons. The summed E-state index contributed by atoms with van der Waals surface area (Å²) in [6.45, 7) is 5.69. The highest BCUT2D eigenvalue weighted by Crippen LogP contribution is 2.14. The predicted molar refractivity (Wildman–Crippen MR) is 82.6 cm³/mol. The second-order valence-electron chi connectivity index (χ2n) is 5.77. The first kappa shape index (κ1) is 14.8. The van der Waals surface area contributed by atoms with Gasteiger partial charge < -0.3 is 15.5 Å². The lowest BCUT2D eigenvalue weighted by molar-refractivity contribution is -0.135. The average molecular weight is 303 g/mol. The first-order valence-electron chi connectivity index (χ1n) is 7.64. The maximum Gasteiger partial charge on any atom is 0.250 e. The Hall–Kier alpha value is -2.15. The Morgan fingerprint density at radius 1 is 1.09 bits per heavy atom. The number of carbonyl (C=O) groups is 2. The van der Waals surface area contributed by atoms with Crippen molar-refractivity contribution in [3.8, 4) is 0 Å². The van der Waals surface area contributed by atoms with Crippen LogP contribution in [0.5, 0.6) is 0 Å². The van der Waals surface area contributed by atoms with E-state index >= 15 is 0 Å². The fraction of sp³-hybridized carbons (Fsp3) is 0.533. The van der Waals surface area contributed by atoms with E-state index in [1.807, 2.05) is 11.0 Å². The normalized spacial score (nSPS) is 18.9. The zero-order chi connectivity index (χ0) is 15.5. The lowest BCUT2D eigenvalue weighted by Crippen LogP contribution is -2.52. The van der Waals surface area contributed by atoms with Crippen LogP contribution in [0.15, 0.2) is 18.3 Å². The highest BCUT2D eigenvalue weighted by molar-refractivity contribution is 5.92. The number of piperazine rings is 1. The van der Waals surface area contributed by atoms with Gasteiger partial charge in [0, 0.05) is 45.5 Å². The molecule has 0 aromatic carbocycles. The van der Waals surface area contributed by atoms with Crippen LogP contribution in [0.1, 0.15) is 16.8 Å². The van der Waals surface area contributed by atoms with Crippen molar-refractivity contribution < 1.29 is 9.59 Å². The van der Waals surface area contributed by atoms with E-state index in [2.05, 4.69) is 14.8 Å². The Labute approximate surface area is 129 Å². The number of carbonyl (C=O) groups excluding carboxylic acids is 2. The van der Waals surface area contributed by atoms with Gasteiger partial charge >= 0.3 is 0 Å². The van der Waals surface area contributed by atoms with Crippen molar-refractivity contribution >= 4 is 17.6 Å². The zero-order valence-electron chi connectivity index (χ0n) is 12.6. The first-order valence-corrected chi connectivity index (χ1v) is 7.64. The predicted octanol–water partition coefficient (Wildman–Crippen LogP) is -0.465. The Balaban J connectivity index is 1.50. The third-order valence-corrected chi connectivity index (χ3v) is 4.30. The van der Waals surface area contributed by atoms with Crippen molar-refractivity contribution in [1.29, 1.82) is 0 Å². The smallest absolute Gasteiger partial charge is 0.250 e. The van der Waals surface area contributed by atoms with Crippen LogP contribution in [0.3, 0.4) is 0 Å². The maximum absolute atomic E-state index is 12.0. The Morgan fingerprint density at radius 2 is 1.82 bits per heavy atom. The number of likely N-dealkylation sites (tertiary alicyclic amines) is 1. The largest absolute Gasteiger partial charge is 0.366 e. The molecule has 2 saturated heterocycles. The molecule has 2 N–H and O–H groups in total. The van der Waals surface area contributed by atoms with Crippen LogP contribution in [-0.4, -0.2) is 72.4 Å². The van der Waals surface area contributed by atoms with Gasteiger partial charge in [-0.05, 0) is 18.6 Å². The van der Waals surface area contributed by atoms with Crippen molar-refractivity contribution in [2.45, 2.75) is 6.42 Å². The van der Waals surface area contributed by atoms with Gasteiger partial charge in [0.25, 0.3) is 0 Å². The van der Waals surface area contributed by atoms with E-state index in [0.717, 1.165) is 51.5 Å². The van der Waals surface area contributed by atoms with E-state index in [1.54, 1.807) is 6.07 Å². The molecular weight excluding hydrogens is 282 g/mol. The van der Waals surface area contributed by atoms with Crippen molar-refractivity contribution in [2.75, 3.05) is 50.7 Å². The minimum absolute atomic E-state index is 0.239. The second-order valence-corrected chi connectivity index (χ2v) is 5.77. The van der Waals surface area contributed by atoms with Crippen molar-refractivity contribution in [3.63, 3.8) is 0 Å².